The number of nitrogen functional groups attached to an aromatic ring is 1. The number of nitrogens with zero attached hydrogens (tertiary/aromatic N) is 1. The zero-order valence-electron chi connectivity index (χ0n) is 14.2. The number of nitrogens with two attached hydrogens (primary N) is 1. The summed E-state index contributed by atoms with van der Waals surface area (Å²) in [4.78, 5) is 13.6. The second-order valence-electron chi connectivity index (χ2n) is 7.63. The Hall–Kier alpha value is -1.91. The summed E-state index contributed by atoms with van der Waals surface area (Å²) in [6, 6.07) is 5.88. The highest BCUT2D eigenvalue weighted by molar-refractivity contribution is 5.69. The monoisotopic (exact) mass is 318 g/mol. The zero-order chi connectivity index (χ0) is 16.6. The van der Waals surface area contributed by atoms with E-state index in [2.05, 4.69) is 0 Å². The Kier molecular flexibility index (Phi) is 4.13. The minimum atomic E-state index is -0.443. The maximum absolute atomic E-state index is 11.9. The molecular weight excluding hydrogens is 292 g/mol. The Morgan fingerprint density at radius 2 is 2.00 bits per heavy atom. The van der Waals surface area contributed by atoms with Crippen molar-refractivity contribution < 1.29 is 14.3 Å². The van der Waals surface area contributed by atoms with E-state index in [0.29, 0.717) is 31.5 Å². The topological polar surface area (TPSA) is 64.8 Å². The van der Waals surface area contributed by atoms with Gasteiger partial charge in [-0.15, -0.1) is 0 Å². The summed E-state index contributed by atoms with van der Waals surface area (Å²) in [5.41, 5.74) is 7.45. The van der Waals surface area contributed by atoms with Gasteiger partial charge in [0.25, 0.3) is 0 Å². The zero-order valence-corrected chi connectivity index (χ0v) is 14.2. The summed E-state index contributed by atoms with van der Waals surface area (Å²) in [6.07, 6.45) is 2.20. The van der Waals surface area contributed by atoms with Crippen molar-refractivity contribution >= 4 is 11.8 Å². The van der Waals surface area contributed by atoms with Crippen LogP contribution >= 0.6 is 0 Å². The quantitative estimate of drug-likeness (QED) is 0.864. The molecule has 0 spiro atoms. The molecular formula is C18H26N2O3. The van der Waals surface area contributed by atoms with Gasteiger partial charge in [-0.05, 0) is 63.3 Å². The lowest BCUT2D eigenvalue weighted by atomic mass is 10.0. The summed E-state index contributed by atoms with van der Waals surface area (Å²) < 4.78 is 11.3. The minimum absolute atomic E-state index is 0.236. The molecule has 1 heterocycles. The van der Waals surface area contributed by atoms with E-state index in [1.54, 1.807) is 4.90 Å². The lowest BCUT2D eigenvalue weighted by molar-refractivity contribution is -0.00786. The molecule has 5 nitrogen and oxygen atoms in total. The molecule has 0 aromatic heterocycles. The number of amides is 1. The van der Waals surface area contributed by atoms with Gasteiger partial charge in [0.15, 0.2) is 0 Å². The van der Waals surface area contributed by atoms with Gasteiger partial charge < -0.3 is 20.1 Å². The predicted molar refractivity (Wildman–Crippen MR) is 89.6 cm³/mol. The lowest BCUT2D eigenvalue weighted by Crippen LogP contribution is -2.53. The standard InChI is InChI=1S/C18H26N2O3/c1-18(2,3)23-17(21)20-9-12(10-20)11-22-16-7-6-14(19)8-15(16)13-4-5-13/h6-8,12-13H,4-5,9-11,19H2,1-3H3. The van der Waals surface area contributed by atoms with Crippen molar-refractivity contribution in [2.75, 3.05) is 25.4 Å². The predicted octanol–water partition coefficient (Wildman–Crippen LogP) is 3.39. The van der Waals surface area contributed by atoms with E-state index < -0.39 is 5.60 Å². The van der Waals surface area contributed by atoms with Crippen LogP contribution in [0.2, 0.25) is 0 Å². The van der Waals surface area contributed by atoms with E-state index in [-0.39, 0.29) is 6.09 Å². The van der Waals surface area contributed by atoms with Crippen LogP contribution in [-0.2, 0) is 4.74 Å². The van der Waals surface area contributed by atoms with Crippen LogP contribution in [0.4, 0.5) is 10.5 Å². The summed E-state index contributed by atoms with van der Waals surface area (Å²) in [7, 11) is 0. The summed E-state index contributed by atoms with van der Waals surface area (Å²) in [6.45, 7) is 7.66. The first-order valence-corrected chi connectivity index (χ1v) is 8.32. The van der Waals surface area contributed by atoms with Crippen molar-refractivity contribution in [3.05, 3.63) is 23.8 Å². The Balaban J connectivity index is 1.47. The molecule has 1 saturated heterocycles. The molecule has 2 N–H and O–H groups in total. The minimum Gasteiger partial charge on any atom is -0.493 e. The number of carbonyl (C=O) groups excluding carboxylic acids is 1. The molecule has 1 saturated carbocycles. The van der Waals surface area contributed by atoms with Crippen LogP contribution in [-0.4, -0.2) is 36.3 Å². The first kappa shape index (κ1) is 16.0. The molecule has 0 unspecified atom stereocenters. The molecule has 0 radical (unpaired) electrons. The number of hydrogen-bond acceptors (Lipinski definition) is 4. The van der Waals surface area contributed by atoms with Crippen LogP contribution in [0.15, 0.2) is 18.2 Å². The lowest BCUT2D eigenvalue weighted by Gasteiger charge is -2.39. The molecule has 1 aliphatic carbocycles. The molecule has 126 valence electrons. The van der Waals surface area contributed by atoms with Crippen LogP contribution in [0.1, 0.15) is 45.1 Å². The van der Waals surface area contributed by atoms with E-state index in [4.69, 9.17) is 15.2 Å². The van der Waals surface area contributed by atoms with Crippen LogP contribution in [0.25, 0.3) is 0 Å². The third-order valence-corrected chi connectivity index (χ3v) is 4.13. The highest BCUT2D eigenvalue weighted by Crippen LogP contribution is 2.45. The van der Waals surface area contributed by atoms with Gasteiger partial charge in [0.2, 0.25) is 0 Å². The highest BCUT2D eigenvalue weighted by atomic mass is 16.6. The largest absolute Gasteiger partial charge is 0.493 e. The van der Waals surface area contributed by atoms with Crippen molar-refractivity contribution in [1.82, 2.24) is 4.90 Å². The second kappa shape index (κ2) is 5.95. The molecule has 2 aliphatic rings. The first-order valence-electron chi connectivity index (χ1n) is 8.32. The number of carbonyl (C=O) groups is 1. The number of likely N-dealkylation sites (tertiary alicyclic amines) is 1. The molecule has 1 aromatic carbocycles. The fourth-order valence-corrected chi connectivity index (χ4v) is 2.77. The van der Waals surface area contributed by atoms with Gasteiger partial charge in [0, 0.05) is 24.7 Å². The van der Waals surface area contributed by atoms with E-state index in [9.17, 15) is 4.79 Å². The molecule has 1 aliphatic heterocycles. The van der Waals surface area contributed by atoms with Gasteiger partial charge in [-0.1, -0.05) is 0 Å². The molecule has 5 heteroatoms. The molecule has 2 fully saturated rings. The second-order valence-corrected chi connectivity index (χ2v) is 7.63. The SMILES string of the molecule is CC(C)(C)OC(=O)N1CC(COc2ccc(N)cc2C2CC2)C1. The van der Waals surface area contributed by atoms with Crippen LogP contribution < -0.4 is 10.5 Å². The van der Waals surface area contributed by atoms with Crippen molar-refractivity contribution in [2.45, 2.75) is 45.1 Å². The van der Waals surface area contributed by atoms with Crippen molar-refractivity contribution in [2.24, 2.45) is 5.92 Å². The first-order chi connectivity index (χ1) is 10.8. The number of benzene rings is 1. The number of ether oxygens (including phenoxy) is 2. The highest BCUT2D eigenvalue weighted by Gasteiger charge is 2.34. The van der Waals surface area contributed by atoms with Gasteiger partial charge in [0.1, 0.15) is 11.4 Å². The maximum atomic E-state index is 11.9. The normalized spacial score (nSPS) is 18.5. The van der Waals surface area contributed by atoms with Gasteiger partial charge in [-0.2, -0.15) is 0 Å². The molecule has 1 aromatic rings. The van der Waals surface area contributed by atoms with Gasteiger partial charge in [-0.3, -0.25) is 0 Å². The average Bonchev–Trinajstić information content (AvgIpc) is 3.20. The van der Waals surface area contributed by atoms with E-state index in [0.717, 1.165) is 11.4 Å². The molecule has 0 atom stereocenters. The molecule has 1 amide bonds. The fraction of sp³-hybridized carbons (Fsp3) is 0.611. The molecule has 3 rings (SSSR count). The molecule has 23 heavy (non-hydrogen) atoms. The maximum Gasteiger partial charge on any atom is 0.410 e. The van der Waals surface area contributed by atoms with E-state index in [1.807, 2.05) is 39.0 Å². The van der Waals surface area contributed by atoms with Gasteiger partial charge in [-0.25, -0.2) is 4.79 Å². The van der Waals surface area contributed by atoms with Crippen LogP contribution in [0, 0.1) is 5.92 Å². The van der Waals surface area contributed by atoms with Crippen molar-refractivity contribution in [3.63, 3.8) is 0 Å². The Morgan fingerprint density at radius 3 is 2.61 bits per heavy atom. The van der Waals surface area contributed by atoms with Crippen molar-refractivity contribution in [1.29, 1.82) is 0 Å². The number of anilines is 1. The third kappa shape index (κ3) is 4.09. The third-order valence-electron chi connectivity index (χ3n) is 4.13. The molecule has 0 bridgehead atoms. The fourth-order valence-electron chi connectivity index (χ4n) is 2.77. The smallest absolute Gasteiger partial charge is 0.410 e. The van der Waals surface area contributed by atoms with Gasteiger partial charge in [0.05, 0.1) is 6.61 Å². The van der Waals surface area contributed by atoms with E-state index in [1.165, 1.54) is 18.4 Å². The Bertz CT molecular complexity index is 584. The van der Waals surface area contributed by atoms with Gasteiger partial charge >= 0.3 is 6.09 Å². The number of hydrogen-bond donors (Lipinski definition) is 1. The Morgan fingerprint density at radius 1 is 1.30 bits per heavy atom. The summed E-state index contributed by atoms with van der Waals surface area (Å²) in [5, 5.41) is 0. The number of rotatable bonds is 4. The Labute approximate surface area is 137 Å². The summed E-state index contributed by atoms with van der Waals surface area (Å²) >= 11 is 0. The van der Waals surface area contributed by atoms with E-state index >= 15 is 0 Å². The summed E-state index contributed by atoms with van der Waals surface area (Å²) in [5.74, 6) is 1.91. The van der Waals surface area contributed by atoms with Crippen LogP contribution in [0.3, 0.4) is 0 Å². The van der Waals surface area contributed by atoms with Crippen molar-refractivity contribution in [3.8, 4) is 5.75 Å². The average molecular weight is 318 g/mol. The van der Waals surface area contributed by atoms with Crippen LogP contribution in [0.5, 0.6) is 5.75 Å².